The third-order valence-corrected chi connectivity index (χ3v) is 6.30. The first-order valence-electron chi connectivity index (χ1n) is 8.58. The number of thiophene rings is 1. The van der Waals surface area contributed by atoms with Crippen molar-refractivity contribution >= 4 is 39.1 Å². The Bertz CT molecular complexity index is 1060. The van der Waals surface area contributed by atoms with E-state index in [2.05, 4.69) is 10.3 Å². The number of aromatic nitrogens is 2. The van der Waals surface area contributed by atoms with E-state index in [0.717, 1.165) is 35.2 Å². The fourth-order valence-electron chi connectivity index (χ4n) is 3.48. The van der Waals surface area contributed by atoms with Gasteiger partial charge >= 0.3 is 0 Å². The molecule has 0 unspecified atom stereocenters. The molecule has 0 aliphatic heterocycles. The zero-order valence-electron chi connectivity index (χ0n) is 14.3. The maximum atomic E-state index is 12.8. The molecule has 0 radical (unpaired) electrons. The molecule has 26 heavy (non-hydrogen) atoms. The summed E-state index contributed by atoms with van der Waals surface area (Å²) in [7, 11) is 0. The van der Waals surface area contributed by atoms with Crippen LogP contribution in [-0.2, 0) is 24.2 Å². The van der Waals surface area contributed by atoms with Crippen LogP contribution in [0.15, 0.2) is 35.4 Å². The minimum Gasteiger partial charge on any atom is -0.348 e. The van der Waals surface area contributed by atoms with Crippen molar-refractivity contribution < 1.29 is 4.79 Å². The normalized spacial score (nSPS) is 14.4. The number of rotatable bonds is 4. The summed E-state index contributed by atoms with van der Waals surface area (Å²) < 4.78 is 1.39. The van der Waals surface area contributed by atoms with E-state index in [0.29, 0.717) is 10.4 Å². The van der Waals surface area contributed by atoms with Crippen molar-refractivity contribution in [1.29, 1.82) is 0 Å². The van der Waals surface area contributed by atoms with Crippen molar-refractivity contribution in [3.63, 3.8) is 0 Å². The van der Waals surface area contributed by atoms with Gasteiger partial charge in [-0.15, -0.1) is 11.3 Å². The molecule has 0 spiro atoms. The Hall–Kier alpha value is -2.18. The average Bonchev–Trinajstić information content (AvgIpc) is 3.18. The molecule has 0 bridgehead atoms. The van der Waals surface area contributed by atoms with Crippen LogP contribution < -0.4 is 10.9 Å². The van der Waals surface area contributed by atoms with Gasteiger partial charge in [-0.2, -0.15) is 0 Å². The van der Waals surface area contributed by atoms with Gasteiger partial charge in [0.1, 0.15) is 11.4 Å². The van der Waals surface area contributed by atoms with E-state index in [1.54, 1.807) is 17.4 Å². The summed E-state index contributed by atoms with van der Waals surface area (Å²) in [5, 5.41) is 4.20. The highest BCUT2D eigenvalue weighted by Gasteiger charge is 2.22. The SMILES string of the molecule is C[C@H](NC(=O)Cn1cnc2sc3c(c2c1=O)CCC3)c1ccccc1Cl. The number of nitrogens with zero attached hydrogens (tertiary/aromatic N) is 2. The molecule has 1 atom stereocenters. The maximum absolute atomic E-state index is 12.8. The highest BCUT2D eigenvalue weighted by atomic mass is 35.5. The van der Waals surface area contributed by atoms with Gasteiger partial charge in [0.25, 0.3) is 5.56 Å². The molecule has 134 valence electrons. The molecule has 3 aromatic rings. The van der Waals surface area contributed by atoms with Crippen molar-refractivity contribution in [3.05, 3.63) is 62.0 Å². The number of nitrogens with one attached hydrogen (secondary N) is 1. The van der Waals surface area contributed by atoms with Crippen molar-refractivity contribution in [2.75, 3.05) is 0 Å². The number of hydrogen-bond acceptors (Lipinski definition) is 4. The second-order valence-electron chi connectivity index (χ2n) is 6.53. The molecule has 1 aliphatic rings. The van der Waals surface area contributed by atoms with Crippen LogP contribution in [0.3, 0.4) is 0 Å². The molecule has 7 heteroatoms. The van der Waals surface area contributed by atoms with Gasteiger partial charge < -0.3 is 5.32 Å². The van der Waals surface area contributed by atoms with Gasteiger partial charge in [-0.3, -0.25) is 14.2 Å². The molecular weight excluding hydrogens is 370 g/mol. The van der Waals surface area contributed by atoms with E-state index >= 15 is 0 Å². The molecule has 0 fully saturated rings. The minimum atomic E-state index is -0.243. The summed E-state index contributed by atoms with van der Waals surface area (Å²) in [6, 6.07) is 7.15. The number of amides is 1. The number of halogens is 1. The number of hydrogen-bond donors (Lipinski definition) is 1. The molecule has 1 aliphatic carbocycles. The van der Waals surface area contributed by atoms with Crippen LogP contribution in [0.1, 0.15) is 35.4 Å². The largest absolute Gasteiger partial charge is 0.348 e. The first kappa shape index (κ1) is 17.2. The van der Waals surface area contributed by atoms with Gasteiger partial charge in [-0.1, -0.05) is 29.8 Å². The summed E-state index contributed by atoms with van der Waals surface area (Å²) in [5.74, 6) is -0.243. The lowest BCUT2D eigenvalue weighted by Gasteiger charge is -2.16. The Morgan fingerprint density at radius 2 is 2.19 bits per heavy atom. The Balaban J connectivity index is 1.56. The zero-order valence-corrected chi connectivity index (χ0v) is 15.9. The quantitative estimate of drug-likeness (QED) is 0.745. The average molecular weight is 388 g/mol. The molecule has 2 aromatic heterocycles. The molecule has 0 saturated carbocycles. The predicted molar refractivity (Wildman–Crippen MR) is 104 cm³/mol. The highest BCUT2D eigenvalue weighted by Crippen LogP contribution is 2.34. The summed E-state index contributed by atoms with van der Waals surface area (Å²) in [6.07, 6.45) is 4.50. The second kappa shape index (κ2) is 6.85. The van der Waals surface area contributed by atoms with Crippen LogP contribution in [-0.4, -0.2) is 15.5 Å². The molecular formula is C19H18ClN3O2S. The minimum absolute atomic E-state index is 0.0544. The molecule has 1 amide bonds. The van der Waals surface area contributed by atoms with Crippen LogP contribution in [0, 0.1) is 0 Å². The molecule has 4 rings (SSSR count). The third kappa shape index (κ3) is 3.04. The number of carbonyl (C=O) groups is 1. The van der Waals surface area contributed by atoms with Crippen LogP contribution in [0.5, 0.6) is 0 Å². The molecule has 1 aromatic carbocycles. The first-order chi connectivity index (χ1) is 12.5. The number of benzene rings is 1. The van der Waals surface area contributed by atoms with E-state index in [4.69, 9.17) is 11.6 Å². The summed E-state index contributed by atoms with van der Waals surface area (Å²) in [4.78, 5) is 31.7. The highest BCUT2D eigenvalue weighted by molar-refractivity contribution is 7.18. The van der Waals surface area contributed by atoms with E-state index in [1.807, 2.05) is 25.1 Å². The summed E-state index contributed by atoms with van der Waals surface area (Å²) >= 11 is 7.78. The molecule has 1 N–H and O–H groups in total. The maximum Gasteiger partial charge on any atom is 0.262 e. The topological polar surface area (TPSA) is 64.0 Å². The van der Waals surface area contributed by atoms with Gasteiger partial charge in [0.2, 0.25) is 5.91 Å². The van der Waals surface area contributed by atoms with Gasteiger partial charge in [-0.05, 0) is 43.4 Å². The fourth-order valence-corrected chi connectivity index (χ4v) is 5.00. The second-order valence-corrected chi connectivity index (χ2v) is 8.02. The van der Waals surface area contributed by atoms with Crippen molar-refractivity contribution in [1.82, 2.24) is 14.9 Å². The number of aryl methyl sites for hydroxylation is 2. The lowest BCUT2D eigenvalue weighted by molar-refractivity contribution is -0.122. The number of carbonyl (C=O) groups excluding carboxylic acids is 1. The smallest absolute Gasteiger partial charge is 0.262 e. The van der Waals surface area contributed by atoms with Crippen LogP contribution in [0.4, 0.5) is 0 Å². The van der Waals surface area contributed by atoms with E-state index < -0.39 is 0 Å². The molecule has 2 heterocycles. The standard InChI is InChI=1S/C19H18ClN3O2S/c1-11(12-5-2-3-7-14(12)20)22-16(24)9-23-10-21-18-17(19(23)25)13-6-4-8-15(13)26-18/h2-3,5,7,10-11H,4,6,8-9H2,1H3,(H,22,24)/t11-/m0/s1. The Morgan fingerprint density at radius 3 is 3.00 bits per heavy atom. The Morgan fingerprint density at radius 1 is 1.38 bits per heavy atom. The van der Waals surface area contributed by atoms with Crippen LogP contribution >= 0.6 is 22.9 Å². The van der Waals surface area contributed by atoms with Crippen LogP contribution in [0.2, 0.25) is 5.02 Å². The summed E-state index contributed by atoms with van der Waals surface area (Å²) in [6.45, 7) is 1.82. The van der Waals surface area contributed by atoms with Crippen molar-refractivity contribution in [2.45, 2.75) is 38.8 Å². The third-order valence-electron chi connectivity index (χ3n) is 4.75. The fraction of sp³-hybridized carbons (Fsp3) is 0.316. The van der Waals surface area contributed by atoms with Crippen molar-refractivity contribution in [2.24, 2.45) is 0 Å². The Labute approximate surface area is 159 Å². The monoisotopic (exact) mass is 387 g/mol. The van der Waals surface area contributed by atoms with E-state index in [9.17, 15) is 9.59 Å². The lowest BCUT2D eigenvalue weighted by Crippen LogP contribution is -2.34. The van der Waals surface area contributed by atoms with Crippen molar-refractivity contribution in [3.8, 4) is 0 Å². The predicted octanol–water partition coefficient (Wildman–Crippen LogP) is 3.48. The number of fused-ring (bicyclic) bond motifs is 3. The van der Waals surface area contributed by atoms with Crippen LogP contribution in [0.25, 0.3) is 10.2 Å². The van der Waals surface area contributed by atoms with Gasteiger partial charge in [0, 0.05) is 9.90 Å². The van der Waals surface area contributed by atoms with Gasteiger partial charge in [0.05, 0.1) is 17.8 Å². The van der Waals surface area contributed by atoms with Gasteiger partial charge in [-0.25, -0.2) is 4.98 Å². The molecule has 5 nitrogen and oxygen atoms in total. The molecule has 0 saturated heterocycles. The zero-order chi connectivity index (χ0) is 18.3. The van der Waals surface area contributed by atoms with E-state index in [1.165, 1.54) is 15.8 Å². The van der Waals surface area contributed by atoms with Gasteiger partial charge in [0.15, 0.2) is 0 Å². The first-order valence-corrected chi connectivity index (χ1v) is 9.77. The summed E-state index contributed by atoms with van der Waals surface area (Å²) in [5.41, 5.74) is 1.84. The van der Waals surface area contributed by atoms with E-state index in [-0.39, 0.29) is 24.1 Å². The lowest BCUT2D eigenvalue weighted by atomic mass is 10.1. The Kier molecular flexibility index (Phi) is 4.54.